The van der Waals surface area contributed by atoms with E-state index in [1.807, 2.05) is 19.1 Å². The zero-order chi connectivity index (χ0) is 20.1. The SMILES string of the molecule is CCCCNC(=O)C(C)Sc1nc2ccccc2c(=O)n1-c1cccc(Cl)c1. The second kappa shape index (κ2) is 9.26. The number of rotatable bonds is 7. The van der Waals surface area contributed by atoms with E-state index in [2.05, 4.69) is 17.2 Å². The fourth-order valence-corrected chi connectivity index (χ4v) is 3.91. The van der Waals surface area contributed by atoms with Gasteiger partial charge < -0.3 is 5.32 Å². The Hall–Kier alpha value is -2.31. The van der Waals surface area contributed by atoms with Gasteiger partial charge in [0.2, 0.25) is 5.91 Å². The number of nitrogens with one attached hydrogen (secondary N) is 1. The first-order valence-electron chi connectivity index (χ1n) is 9.23. The smallest absolute Gasteiger partial charge is 0.266 e. The van der Waals surface area contributed by atoms with Crippen molar-refractivity contribution >= 4 is 40.2 Å². The van der Waals surface area contributed by atoms with Gasteiger partial charge in [-0.25, -0.2) is 4.98 Å². The summed E-state index contributed by atoms with van der Waals surface area (Å²) in [6, 6.07) is 14.3. The van der Waals surface area contributed by atoms with Crippen LogP contribution in [0.3, 0.4) is 0 Å². The third-order valence-corrected chi connectivity index (χ3v) is 5.58. The highest BCUT2D eigenvalue weighted by Gasteiger charge is 2.20. The van der Waals surface area contributed by atoms with E-state index in [-0.39, 0.29) is 11.5 Å². The van der Waals surface area contributed by atoms with Gasteiger partial charge in [-0.3, -0.25) is 14.2 Å². The maximum atomic E-state index is 13.2. The Bertz CT molecular complexity index is 1050. The summed E-state index contributed by atoms with van der Waals surface area (Å²) in [6.07, 6.45) is 1.95. The maximum absolute atomic E-state index is 13.2. The average molecular weight is 416 g/mol. The number of benzene rings is 2. The molecule has 3 aromatic rings. The van der Waals surface area contributed by atoms with Gasteiger partial charge >= 0.3 is 0 Å². The molecule has 7 heteroatoms. The van der Waals surface area contributed by atoms with Crippen LogP contribution >= 0.6 is 23.4 Å². The molecular formula is C21H22ClN3O2S. The largest absolute Gasteiger partial charge is 0.355 e. The Kier molecular flexibility index (Phi) is 6.75. The lowest BCUT2D eigenvalue weighted by Crippen LogP contribution is -2.32. The number of unbranched alkanes of at least 4 members (excludes halogenated alkanes) is 1. The molecule has 1 amide bonds. The van der Waals surface area contributed by atoms with Crippen molar-refractivity contribution in [2.75, 3.05) is 6.54 Å². The highest BCUT2D eigenvalue weighted by atomic mass is 35.5. The van der Waals surface area contributed by atoms with E-state index < -0.39 is 5.25 Å². The van der Waals surface area contributed by atoms with E-state index in [4.69, 9.17) is 11.6 Å². The van der Waals surface area contributed by atoms with Crippen LogP contribution in [0.25, 0.3) is 16.6 Å². The molecule has 5 nitrogen and oxygen atoms in total. The van der Waals surface area contributed by atoms with Crippen molar-refractivity contribution in [2.45, 2.75) is 37.1 Å². The summed E-state index contributed by atoms with van der Waals surface area (Å²) >= 11 is 7.40. The van der Waals surface area contributed by atoms with Gasteiger partial charge in [0.15, 0.2) is 5.16 Å². The molecule has 28 heavy (non-hydrogen) atoms. The van der Waals surface area contributed by atoms with Crippen molar-refractivity contribution in [1.29, 1.82) is 0 Å². The normalized spacial score (nSPS) is 12.1. The van der Waals surface area contributed by atoms with E-state index in [0.29, 0.717) is 33.3 Å². The Morgan fingerprint density at radius 2 is 2.04 bits per heavy atom. The van der Waals surface area contributed by atoms with Crippen LogP contribution in [-0.4, -0.2) is 27.3 Å². The molecule has 3 rings (SSSR count). The van der Waals surface area contributed by atoms with Gasteiger partial charge in [-0.15, -0.1) is 0 Å². The third kappa shape index (κ3) is 4.56. The molecule has 1 heterocycles. The highest BCUT2D eigenvalue weighted by molar-refractivity contribution is 8.00. The van der Waals surface area contributed by atoms with Crippen LogP contribution in [-0.2, 0) is 4.79 Å². The van der Waals surface area contributed by atoms with Crippen LogP contribution in [0.5, 0.6) is 0 Å². The molecule has 0 aliphatic rings. The van der Waals surface area contributed by atoms with Gasteiger partial charge in [-0.1, -0.05) is 54.9 Å². The monoisotopic (exact) mass is 415 g/mol. The first kappa shape index (κ1) is 20.4. The van der Waals surface area contributed by atoms with Gasteiger partial charge in [-0.2, -0.15) is 0 Å². The number of aromatic nitrogens is 2. The van der Waals surface area contributed by atoms with Gasteiger partial charge in [0.25, 0.3) is 5.56 Å². The van der Waals surface area contributed by atoms with Gasteiger partial charge in [0.05, 0.1) is 21.8 Å². The van der Waals surface area contributed by atoms with E-state index >= 15 is 0 Å². The fraction of sp³-hybridized carbons (Fsp3) is 0.286. The number of carbonyl (C=O) groups excluding carboxylic acids is 1. The van der Waals surface area contributed by atoms with Crippen LogP contribution in [0.15, 0.2) is 58.5 Å². The van der Waals surface area contributed by atoms with E-state index in [9.17, 15) is 9.59 Å². The van der Waals surface area contributed by atoms with E-state index in [1.54, 1.807) is 36.4 Å². The molecule has 0 spiro atoms. The van der Waals surface area contributed by atoms with Crippen molar-refractivity contribution in [3.8, 4) is 5.69 Å². The lowest BCUT2D eigenvalue weighted by atomic mass is 10.2. The van der Waals surface area contributed by atoms with Gasteiger partial charge in [-0.05, 0) is 43.7 Å². The van der Waals surface area contributed by atoms with Crippen molar-refractivity contribution in [3.63, 3.8) is 0 Å². The average Bonchev–Trinajstić information content (AvgIpc) is 2.68. The van der Waals surface area contributed by atoms with Gasteiger partial charge in [0, 0.05) is 11.6 Å². The topological polar surface area (TPSA) is 64.0 Å². The van der Waals surface area contributed by atoms with Crippen molar-refractivity contribution in [3.05, 3.63) is 63.9 Å². The highest BCUT2D eigenvalue weighted by Crippen LogP contribution is 2.26. The number of hydrogen-bond acceptors (Lipinski definition) is 4. The van der Waals surface area contributed by atoms with E-state index in [1.165, 1.54) is 16.3 Å². The van der Waals surface area contributed by atoms with Crippen LogP contribution in [0.4, 0.5) is 0 Å². The van der Waals surface area contributed by atoms with Crippen LogP contribution in [0.1, 0.15) is 26.7 Å². The zero-order valence-electron chi connectivity index (χ0n) is 15.8. The number of halogens is 1. The lowest BCUT2D eigenvalue weighted by Gasteiger charge is -2.16. The minimum absolute atomic E-state index is 0.0708. The molecule has 0 radical (unpaired) electrons. The van der Waals surface area contributed by atoms with Crippen molar-refractivity contribution < 1.29 is 4.79 Å². The number of hydrogen-bond donors (Lipinski definition) is 1. The molecule has 1 N–H and O–H groups in total. The second-order valence-electron chi connectivity index (χ2n) is 6.44. The summed E-state index contributed by atoms with van der Waals surface area (Å²) in [5.41, 5.74) is 1.04. The number of thioether (sulfide) groups is 1. The quantitative estimate of drug-likeness (QED) is 0.352. The number of para-hydroxylation sites is 1. The Morgan fingerprint density at radius 1 is 1.25 bits per heavy atom. The predicted octanol–water partition coefficient (Wildman–Crippen LogP) is 4.44. The first-order valence-corrected chi connectivity index (χ1v) is 10.5. The molecule has 1 unspecified atom stereocenters. The number of fused-ring (bicyclic) bond motifs is 1. The number of amides is 1. The molecule has 2 aromatic carbocycles. The lowest BCUT2D eigenvalue weighted by molar-refractivity contribution is -0.120. The number of nitrogens with zero attached hydrogens (tertiary/aromatic N) is 2. The first-order chi connectivity index (χ1) is 13.5. The molecule has 0 saturated heterocycles. The predicted molar refractivity (Wildman–Crippen MR) is 116 cm³/mol. The van der Waals surface area contributed by atoms with Crippen LogP contribution in [0, 0.1) is 0 Å². The minimum atomic E-state index is -0.393. The maximum Gasteiger partial charge on any atom is 0.266 e. The van der Waals surface area contributed by atoms with Crippen molar-refractivity contribution in [1.82, 2.24) is 14.9 Å². The molecule has 0 aliphatic heterocycles. The molecule has 0 saturated carbocycles. The molecule has 1 atom stereocenters. The minimum Gasteiger partial charge on any atom is -0.355 e. The summed E-state index contributed by atoms with van der Waals surface area (Å²) in [5, 5.41) is 4.04. The standard InChI is InChI=1S/C21H22ClN3O2S/c1-3-4-12-23-19(26)14(2)28-21-24-18-11-6-5-10-17(18)20(27)25(21)16-9-7-8-15(22)13-16/h5-11,13-14H,3-4,12H2,1-2H3,(H,23,26). The summed E-state index contributed by atoms with van der Waals surface area (Å²) < 4.78 is 1.52. The molecule has 0 bridgehead atoms. The van der Waals surface area contributed by atoms with Crippen LogP contribution < -0.4 is 10.9 Å². The second-order valence-corrected chi connectivity index (χ2v) is 8.18. The van der Waals surface area contributed by atoms with Crippen LogP contribution in [0.2, 0.25) is 5.02 Å². The fourth-order valence-electron chi connectivity index (χ4n) is 2.78. The molecule has 0 aliphatic carbocycles. The summed E-state index contributed by atoms with van der Waals surface area (Å²) in [7, 11) is 0. The summed E-state index contributed by atoms with van der Waals surface area (Å²) in [4.78, 5) is 30.3. The summed E-state index contributed by atoms with van der Waals surface area (Å²) in [5.74, 6) is -0.0708. The molecule has 1 aromatic heterocycles. The Balaban J connectivity index is 2.04. The van der Waals surface area contributed by atoms with Gasteiger partial charge in [0.1, 0.15) is 0 Å². The van der Waals surface area contributed by atoms with E-state index in [0.717, 1.165) is 12.8 Å². The molecular weight excluding hydrogens is 394 g/mol. The third-order valence-electron chi connectivity index (χ3n) is 4.29. The molecule has 0 fully saturated rings. The number of carbonyl (C=O) groups is 1. The van der Waals surface area contributed by atoms with Crippen molar-refractivity contribution in [2.24, 2.45) is 0 Å². The summed E-state index contributed by atoms with van der Waals surface area (Å²) in [6.45, 7) is 4.54. The Morgan fingerprint density at radius 3 is 2.79 bits per heavy atom. The Labute approximate surface area is 173 Å². The molecule has 146 valence electrons. The zero-order valence-corrected chi connectivity index (χ0v) is 17.4.